The van der Waals surface area contributed by atoms with E-state index in [4.69, 9.17) is 5.11 Å². The van der Waals surface area contributed by atoms with Gasteiger partial charge < -0.3 is 10.4 Å². The van der Waals surface area contributed by atoms with Crippen molar-refractivity contribution in [1.82, 2.24) is 0 Å². The van der Waals surface area contributed by atoms with E-state index in [-0.39, 0.29) is 11.5 Å². The Bertz CT molecular complexity index is 873. The molecule has 0 spiro atoms. The van der Waals surface area contributed by atoms with Gasteiger partial charge in [-0.25, -0.2) is 4.79 Å². The molecule has 0 bridgehead atoms. The number of nitrogens with one attached hydrogen (secondary N) is 1. The lowest BCUT2D eigenvalue weighted by Gasteiger charge is -2.39. The molecule has 2 aromatic carbocycles. The minimum absolute atomic E-state index is 0.176. The number of aromatic carboxylic acids is 1. The molecule has 6 heteroatoms. The number of hydrogen-bond donors (Lipinski definition) is 2. The molecule has 0 fully saturated rings. The number of carboxylic acid groups (broad SMARTS) is 1. The summed E-state index contributed by atoms with van der Waals surface area (Å²) in [6, 6.07) is 15.1. The normalized spacial score (nSPS) is 17.2. The maximum atomic E-state index is 12.5. The molecular weight excluding hydrogens is 358 g/mol. The second-order valence-electron chi connectivity index (χ2n) is 8.36. The molecule has 0 atom stereocenters. The van der Waals surface area contributed by atoms with Gasteiger partial charge in [0.25, 0.3) is 5.91 Å². The zero-order valence-corrected chi connectivity index (χ0v) is 17.7. The lowest BCUT2D eigenvalue weighted by atomic mass is 10.1. The zero-order valence-electron chi connectivity index (χ0n) is 15.7. The molecule has 0 saturated heterocycles. The van der Waals surface area contributed by atoms with Crippen LogP contribution in [0.25, 0.3) is 0 Å². The van der Waals surface area contributed by atoms with Crippen LogP contribution in [0.15, 0.2) is 42.5 Å². The van der Waals surface area contributed by atoms with Gasteiger partial charge in [0.05, 0.1) is 21.7 Å². The van der Waals surface area contributed by atoms with Crippen molar-refractivity contribution in [2.24, 2.45) is 0 Å². The molecule has 1 amide bonds. The second kappa shape index (κ2) is 6.52. The molecule has 1 heterocycles. The van der Waals surface area contributed by atoms with E-state index in [2.05, 4.69) is 43.6 Å². The summed E-state index contributed by atoms with van der Waals surface area (Å²) in [6.45, 7) is 9.67. The van der Waals surface area contributed by atoms with Crippen LogP contribution in [0.5, 0.6) is 0 Å². The Balaban J connectivity index is 1.87. The smallest absolute Gasteiger partial charge is 0.335 e. The van der Waals surface area contributed by atoms with Gasteiger partial charge in [-0.15, -0.1) is 0 Å². The van der Waals surface area contributed by atoms with Crippen LogP contribution >= 0.6 is 0 Å². The molecule has 3 rings (SSSR count). The lowest BCUT2D eigenvalue weighted by Crippen LogP contribution is -2.63. The summed E-state index contributed by atoms with van der Waals surface area (Å²) in [7, 11) is -2.84. The molecule has 0 aromatic heterocycles. The number of amides is 1. The monoisotopic (exact) mass is 383 g/mol. The van der Waals surface area contributed by atoms with Crippen LogP contribution in [0.4, 0.5) is 5.69 Å². The number of rotatable bonds is 3. The van der Waals surface area contributed by atoms with E-state index in [0.29, 0.717) is 5.56 Å². The highest BCUT2D eigenvalue weighted by molar-refractivity contribution is 7.03. The van der Waals surface area contributed by atoms with E-state index in [0.717, 1.165) is 5.69 Å². The summed E-state index contributed by atoms with van der Waals surface area (Å²) < 4.78 is 0. The molecule has 4 nitrogen and oxygen atoms in total. The molecular formula is C20H25NO3Si2. The van der Waals surface area contributed by atoms with Crippen LogP contribution in [0.3, 0.4) is 0 Å². The molecule has 1 aliphatic heterocycles. The Morgan fingerprint density at radius 1 is 0.846 bits per heavy atom. The highest BCUT2D eigenvalue weighted by atomic mass is 28.3. The lowest BCUT2D eigenvalue weighted by molar-refractivity contribution is 0.0696. The van der Waals surface area contributed by atoms with E-state index in [1.807, 2.05) is 6.07 Å². The van der Waals surface area contributed by atoms with Crippen molar-refractivity contribution in [2.45, 2.75) is 38.3 Å². The molecule has 136 valence electrons. The molecule has 0 unspecified atom stereocenters. The van der Waals surface area contributed by atoms with Crippen molar-refractivity contribution >= 4 is 44.1 Å². The first-order valence-corrected chi connectivity index (χ1v) is 15.3. The predicted molar refractivity (Wildman–Crippen MR) is 112 cm³/mol. The van der Waals surface area contributed by atoms with E-state index in [1.165, 1.54) is 29.4 Å². The Kier molecular flexibility index (Phi) is 4.66. The maximum absolute atomic E-state index is 12.5. The van der Waals surface area contributed by atoms with Crippen LogP contribution < -0.4 is 15.7 Å². The van der Waals surface area contributed by atoms with Crippen molar-refractivity contribution in [2.75, 3.05) is 5.32 Å². The summed E-state index contributed by atoms with van der Waals surface area (Å²) in [6.07, 6.45) is 0. The Labute approximate surface area is 156 Å². The van der Waals surface area contributed by atoms with Crippen LogP contribution in [0.2, 0.25) is 38.3 Å². The van der Waals surface area contributed by atoms with Crippen LogP contribution in [-0.4, -0.2) is 33.1 Å². The maximum Gasteiger partial charge on any atom is 0.335 e. The van der Waals surface area contributed by atoms with Crippen molar-refractivity contribution in [3.8, 4) is 0 Å². The van der Waals surface area contributed by atoms with Crippen molar-refractivity contribution in [3.63, 3.8) is 0 Å². The number of carbonyl (C=O) groups is 2. The number of hydrogen-bond acceptors (Lipinski definition) is 2. The molecule has 2 aromatic rings. The third-order valence-corrected chi connectivity index (χ3v) is 13.0. The van der Waals surface area contributed by atoms with Gasteiger partial charge in [0.2, 0.25) is 0 Å². The summed E-state index contributed by atoms with van der Waals surface area (Å²) in [5.41, 5.74) is 1.46. The number of carboxylic acids is 1. The van der Waals surface area contributed by atoms with Crippen molar-refractivity contribution in [1.29, 1.82) is 0 Å². The van der Waals surface area contributed by atoms with Gasteiger partial charge in [-0.05, 0) is 36.4 Å². The first-order chi connectivity index (χ1) is 12.1. The summed E-state index contributed by atoms with van der Waals surface area (Å²) >= 11 is 0. The highest BCUT2D eigenvalue weighted by Gasteiger charge is 2.39. The van der Waals surface area contributed by atoms with Gasteiger partial charge in [0.1, 0.15) is 0 Å². The number of benzene rings is 2. The molecule has 0 aliphatic carbocycles. The number of anilines is 1. The minimum Gasteiger partial charge on any atom is -0.478 e. The molecule has 26 heavy (non-hydrogen) atoms. The van der Waals surface area contributed by atoms with E-state index in [9.17, 15) is 9.59 Å². The van der Waals surface area contributed by atoms with Gasteiger partial charge in [-0.3, -0.25) is 4.79 Å². The summed E-state index contributed by atoms with van der Waals surface area (Å²) in [5, 5.41) is 15.0. The zero-order chi connectivity index (χ0) is 19.1. The fraction of sp³-hybridized carbons (Fsp3) is 0.300. The summed E-state index contributed by atoms with van der Waals surface area (Å²) in [4.78, 5) is 23.4. The summed E-state index contributed by atoms with van der Waals surface area (Å²) in [5.74, 6) is -1.21. The predicted octanol–water partition coefficient (Wildman–Crippen LogP) is 3.48. The Morgan fingerprint density at radius 2 is 1.38 bits per heavy atom. The molecule has 0 radical (unpaired) electrons. The fourth-order valence-corrected chi connectivity index (χ4v) is 13.9. The van der Waals surface area contributed by atoms with E-state index >= 15 is 0 Å². The minimum atomic E-state index is -1.46. The van der Waals surface area contributed by atoms with Gasteiger partial charge in [0, 0.05) is 11.3 Å². The van der Waals surface area contributed by atoms with Gasteiger partial charge in [-0.1, -0.05) is 54.7 Å². The van der Waals surface area contributed by atoms with E-state index in [1.54, 1.807) is 17.3 Å². The fourth-order valence-electron chi connectivity index (χ4n) is 3.63. The quantitative estimate of drug-likeness (QED) is 0.798. The average molecular weight is 384 g/mol. The molecule has 0 saturated carbocycles. The van der Waals surface area contributed by atoms with Crippen molar-refractivity contribution in [3.05, 3.63) is 53.6 Å². The largest absolute Gasteiger partial charge is 0.478 e. The number of carbonyl (C=O) groups excluding carboxylic acids is 1. The molecule has 1 aliphatic rings. The van der Waals surface area contributed by atoms with Gasteiger partial charge in [0.15, 0.2) is 0 Å². The van der Waals surface area contributed by atoms with Crippen LogP contribution in [0, 0.1) is 0 Å². The average Bonchev–Trinajstić information content (AvgIpc) is 2.59. The highest BCUT2D eigenvalue weighted by Crippen LogP contribution is 2.26. The SMILES string of the molecule is C[Si]1(C)CC[Si](C)(C)c2cc(NC(=O)c3ccc(C(=O)O)cc3)ccc21. The topological polar surface area (TPSA) is 66.4 Å². The standard InChI is InChI=1S/C20H25NO3Si2/c1-25(2)11-12-26(3,4)18-13-16(9-10-17(18)25)21-19(22)14-5-7-15(8-6-14)20(23)24/h5-10,13H,11-12H2,1-4H3,(H,21,22)(H,23,24). The van der Waals surface area contributed by atoms with Crippen LogP contribution in [-0.2, 0) is 0 Å². The van der Waals surface area contributed by atoms with Gasteiger partial charge >= 0.3 is 5.97 Å². The van der Waals surface area contributed by atoms with Crippen LogP contribution in [0.1, 0.15) is 20.7 Å². The third kappa shape index (κ3) is 3.52. The van der Waals surface area contributed by atoms with Gasteiger partial charge in [-0.2, -0.15) is 0 Å². The molecule has 2 N–H and O–H groups in total. The van der Waals surface area contributed by atoms with E-state index < -0.39 is 22.1 Å². The Morgan fingerprint density at radius 3 is 1.96 bits per heavy atom. The Hall–Kier alpha value is -2.19. The first kappa shape index (κ1) is 18.6. The van der Waals surface area contributed by atoms with Crippen molar-refractivity contribution < 1.29 is 14.7 Å². The third-order valence-electron chi connectivity index (χ3n) is 5.50. The first-order valence-electron chi connectivity index (χ1n) is 8.90. The number of fused-ring (bicyclic) bond motifs is 1. The second-order valence-corrected chi connectivity index (χ2v) is 18.0.